The Morgan fingerprint density at radius 1 is 0.758 bits per heavy atom. The lowest BCUT2D eigenvalue weighted by atomic mass is 10.1. The van der Waals surface area contributed by atoms with Gasteiger partial charge in [0, 0.05) is 30.2 Å². The lowest BCUT2D eigenvalue weighted by Gasteiger charge is -2.23. The lowest BCUT2D eigenvalue weighted by Crippen LogP contribution is -2.34. The van der Waals surface area contributed by atoms with E-state index in [2.05, 4.69) is 34.4 Å². The van der Waals surface area contributed by atoms with Crippen LogP contribution in [0.1, 0.15) is 25.0 Å². The summed E-state index contributed by atoms with van der Waals surface area (Å²) in [5.41, 5.74) is 4.49. The van der Waals surface area contributed by atoms with Gasteiger partial charge in [-0.05, 0) is 75.2 Å². The van der Waals surface area contributed by atoms with E-state index < -0.39 is 11.8 Å². The highest BCUT2D eigenvalue weighted by Crippen LogP contribution is 2.30. The van der Waals surface area contributed by atoms with Crippen molar-refractivity contribution < 1.29 is 9.59 Å². The summed E-state index contributed by atoms with van der Waals surface area (Å²) in [7, 11) is 0. The average molecular weight is 443 g/mol. The number of aliphatic imine (C=N–C) groups is 1. The molecule has 6 nitrogen and oxygen atoms in total. The van der Waals surface area contributed by atoms with Crippen LogP contribution < -0.4 is 15.5 Å². The molecule has 170 valence electrons. The summed E-state index contributed by atoms with van der Waals surface area (Å²) in [6.45, 7) is 9.89. The fourth-order valence-electron chi connectivity index (χ4n) is 3.62. The maximum atomic E-state index is 13.1. The molecule has 0 heterocycles. The van der Waals surface area contributed by atoms with Crippen molar-refractivity contribution in [1.82, 2.24) is 0 Å². The van der Waals surface area contributed by atoms with E-state index in [1.807, 2.05) is 62.4 Å². The summed E-state index contributed by atoms with van der Waals surface area (Å²) >= 11 is 0. The summed E-state index contributed by atoms with van der Waals surface area (Å²) in [6.07, 6.45) is 0. The molecule has 0 aromatic heterocycles. The first-order chi connectivity index (χ1) is 15.9. The fourth-order valence-corrected chi connectivity index (χ4v) is 3.62. The highest BCUT2D eigenvalue weighted by molar-refractivity contribution is 6.69. The fraction of sp³-hybridized carbons (Fsp3) is 0.222. The molecule has 0 unspecified atom stereocenters. The maximum Gasteiger partial charge on any atom is 0.280 e. The molecule has 0 saturated carbocycles. The number of nitrogens with zero attached hydrogens (tertiary/aromatic N) is 2. The zero-order valence-electron chi connectivity index (χ0n) is 19.6. The van der Waals surface area contributed by atoms with E-state index in [1.54, 1.807) is 24.3 Å². The van der Waals surface area contributed by atoms with Gasteiger partial charge in [0.2, 0.25) is 0 Å². The summed E-state index contributed by atoms with van der Waals surface area (Å²) in [4.78, 5) is 33.1. The Kier molecular flexibility index (Phi) is 7.97. The van der Waals surface area contributed by atoms with Gasteiger partial charge in [0.15, 0.2) is 5.71 Å². The topological polar surface area (TPSA) is 73.8 Å². The van der Waals surface area contributed by atoms with Crippen LogP contribution in [0.4, 0.5) is 22.7 Å². The lowest BCUT2D eigenvalue weighted by molar-refractivity contribution is -0.114. The Morgan fingerprint density at radius 2 is 1.18 bits per heavy atom. The van der Waals surface area contributed by atoms with Crippen molar-refractivity contribution in [3.63, 3.8) is 0 Å². The molecule has 0 saturated heterocycles. The van der Waals surface area contributed by atoms with Gasteiger partial charge in [-0.3, -0.25) is 9.59 Å². The SMILES string of the molecule is CCN(CC)c1cc(C)c(N=C(C(=O)Nc2ccccc2)C(=O)Nc2ccccc2)c(C)c1. The van der Waals surface area contributed by atoms with Crippen LogP contribution >= 0.6 is 0 Å². The first kappa shape index (κ1) is 23.7. The van der Waals surface area contributed by atoms with E-state index >= 15 is 0 Å². The van der Waals surface area contributed by atoms with Crippen LogP contribution in [0.15, 0.2) is 77.8 Å². The van der Waals surface area contributed by atoms with Crippen molar-refractivity contribution in [2.75, 3.05) is 28.6 Å². The zero-order chi connectivity index (χ0) is 23.8. The van der Waals surface area contributed by atoms with Gasteiger partial charge in [0.25, 0.3) is 11.8 Å². The van der Waals surface area contributed by atoms with E-state index in [1.165, 1.54) is 0 Å². The number of carbonyl (C=O) groups excluding carboxylic acids is 2. The second kappa shape index (κ2) is 11.1. The third-order valence-electron chi connectivity index (χ3n) is 5.32. The van der Waals surface area contributed by atoms with Crippen LogP contribution in [0.25, 0.3) is 0 Å². The highest BCUT2D eigenvalue weighted by atomic mass is 16.2. The Bertz CT molecular complexity index is 1060. The molecular formula is C27H30N4O2. The molecule has 0 bridgehead atoms. The van der Waals surface area contributed by atoms with E-state index in [-0.39, 0.29) is 5.71 Å². The Balaban J connectivity index is 2.01. The van der Waals surface area contributed by atoms with Gasteiger partial charge >= 0.3 is 0 Å². The van der Waals surface area contributed by atoms with Crippen LogP contribution in [-0.2, 0) is 9.59 Å². The molecule has 0 radical (unpaired) electrons. The van der Waals surface area contributed by atoms with E-state index in [0.29, 0.717) is 17.1 Å². The Hall–Kier alpha value is -3.93. The van der Waals surface area contributed by atoms with Gasteiger partial charge < -0.3 is 15.5 Å². The number of benzene rings is 3. The number of nitrogens with one attached hydrogen (secondary N) is 2. The molecule has 0 aliphatic rings. The predicted octanol–water partition coefficient (Wildman–Crippen LogP) is 5.50. The van der Waals surface area contributed by atoms with Crippen LogP contribution in [0.3, 0.4) is 0 Å². The van der Waals surface area contributed by atoms with Crippen molar-refractivity contribution in [3.05, 3.63) is 83.9 Å². The average Bonchev–Trinajstić information content (AvgIpc) is 2.80. The molecule has 2 N–H and O–H groups in total. The second-order valence-electron chi connectivity index (χ2n) is 7.70. The number of carbonyl (C=O) groups is 2. The molecular weight excluding hydrogens is 412 g/mol. The predicted molar refractivity (Wildman–Crippen MR) is 137 cm³/mol. The zero-order valence-corrected chi connectivity index (χ0v) is 19.6. The molecule has 0 fully saturated rings. The molecule has 3 aromatic rings. The molecule has 0 spiro atoms. The number of amides is 2. The van der Waals surface area contributed by atoms with E-state index in [4.69, 9.17) is 0 Å². The summed E-state index contributed by atoms with van der Waals surface area (Å²) < 4.78 is 0. The monoisotopic (exact) mass is 442 g/mol. The Morgan fingerprint density at radius 3 is 1.58 bits per heavy atom. The van der Waals surface area contributed by atoms with E-state index in [9.17, 15) is 9.59 Å². The van der Waals surface area contributed by atoms with Gasteiger partial charge in [0.1, 0.15) is 0 Å². The molecule has 3 aromatic carbocycles. The van der Waals surface area contributed by atoms with Gasteiger partial charge in [-0.1, -0.05) is 36.4 Å². The second-order valence-corrected chi connectivity index (χ2v) is 7.70. The number of para-hydroxylation sites is 2. The van der Waals surface area contributed by atoms with Crippen molar-refractivity contribution >= 4 is 40.3 Å². The van der Waals surface area contributed by atoms with Gasteiger partial charge in [-0.25, -0.2) is 4.99 Å². The molecule has 0 aliphatic heterocycles. The molecule has 3 rings (SSSR count). The number of hydrogen-bond acceptors (Lipinski definition) is 4. The number of anilines is 3. The summed E-state index contributed by atoms with van der Waals surface area (Å²) in [5.74, 6) is -1.14. The third kappa shape index (κ3) is 6.07. The molecule has 0 aliphatic carbocycles. The normalized spacial score (nSPS) is 10.3. The minimum atomic E-state index is -0.568. The van der Waals surface area contributed by atoms with Crippen LogP contribution in [0.5, 0.6) is 0 Å². The largest absolute Gasteiger partial charge is 0.372 e. The molecule has 6 heteroatoms. The number of rotatable bonds is 8. The summed E-state index contributed by atoms with van der Waals surface area (Å²) in [5, 5.41) is 5.55. The molecule has 33 heavy (non-hydrogen) atoms. The van der Waals surface area contributed by atoms with Gasteiger partial charge in [0.05, 0.1) is 5.69 Å². The minimum absolute atomic E-state index is 0.204. The van der Waals surface area contributed by atoms with Crippen LogP contribution in [0, 0.1) is 13.8 Å². The van der Waals surface area contributed by atoms with E-state index in [0.717, 1.165) is 29.9 Å². The smallest absolute Gasteiger partial charge is 0.280 e. The summed E-state index contributed by atoms with van der Waals surface area (Å²) in [6, 6.07) is 22.1. The first-order valence-electron chi connectivity index (χ1n) is 11.1. The van der Waals surface area contributed by atoms with Gasteiger partial charge in [-0.2, -0.15) is 0 Å². The third-order valence-corrected chi connectivity index (χ3v) is 5.32. The standard InChI is InChI=1S/C27H30N4O2/c1-5-31(6-2)23-17-19(3)24(20(4)18-23)30-25(26(32)28-21-13-9-7-10-14-21)27(33)29-22-15-11-8-12-16-22/h7-18H,5-6H2,1-4H3,(H,28,32)(H,29,33). The molecule has 2 amide bonds. The van der Waals surface area contributed by atoms with Crippen LogP contribution in [-0.4, -0.2) is 30.6 Å². The first-order valence-corrected chi connectivity index (χ1v) is 11.1. The van der Waals surface area contributed by atoms with Crippen molar-refractivity contribution in [2.45, 2.75) is 27.7 Å². The molecule has 0 atom stereocenters. The van der Waals surface area contributed by atoms with Crippen molar-refractivity contribution in [3.8, 4) is 0 Å². The maximum absolute atomic E-state index is 13.1. The van der Waals surface area contributed by atoms with Crippen molar-refractivity contribution in [2.24, 2.45) is 4.99 Å². The highest BCUT2D eigenvalue weighted by Gasteiger charge is 2.22. The minimum Gasteiger partial charge on any atom is -0.372 e. The number of hydrogen-bond donors (Lipinski definition) is 2. The van der Waals surface area contributed by atoms with Gasteiger partial charge in [-0.15, -0.1) is 0 Å². The van der Waals surface area contributed by atoms with Crippen molar-refractivity contribution in [1.29, 1.82) is 0 Å². The Labute approximate surface area is 195 Å². The quantitative estimate of drug-likeness (QED) is 0.357. The number of aryl methyl sites for hydroxylation is 2. The van der Waals surface area contributed by atoms with Crippen LogP contribution in [0.2, 0.25) is 0 Å².